The Labute approximate surface area is 161 Å². The van der Waals surface area contributed by atoms with Crippen molar-refractivity contribution in [3.63, 3.8) is 0 Å². The normalized spacial score (nSPS) is 10.4. The van der Waals surface area contributed by atoms with E-state index in [1.807, 2.05) is 18.2 Å². The number of para-hydroxylation sites is 2. The number of hydrogen-bond acceptors (Lipinski definition) is 5. The van der Waals surface area contributed by atoms with Crippen molar-refractivity contribution in [3.8, 4) is 11.5 Å². The van der Waals surface area contributed by atoms with Crippen molar-refractivity contribution in [2.45, 2.75) is 6.61 Å². The summed E-state index contributed by atoms with van der Waals surface area (Å²) in [5, 5.41) is 15.7. The molecule has 0 aliphatic carbocycles. The van der Waals surface area contributed by atoms with E-state index in [1.54, 1.807) is 37.4 Å². The second-order valence-electron chi connectivity index (χ2n) is 5.93. The number of methoxy groups -OCH3 is 1. The van der Waals surface area contributed by atoms with Crippen LogP contribution in [0.1, 0.15) is 26.4 Å². The molecule has 2 N–H and O–H groups in total. The molecule has 0 aliphatic heterocycles. The van der Waals surface area contributed by atoms with Gasteiger partial charge in [-0.15, -0.1) is 0 Å². The van der Waals surface area contributed by atoms with Crippen LogP contribution in [0.5, 0.6) is 11.5 Å². The zero-order valence-corrected chi connectivity index (χ0v) is 15.4. The van der Waals surface area contributed by atoms with Gasteiger partial charge in [0.05, 0.1) is 19.0 Å². The minimum Gasteiger partial charge on any atom is -0.493 e. The molecule has 3 rings (SSSR count). The van der Waals surface area contributed by atoms with Crippen LogP contribution in [0.3, 0.4) is 0 Å². The van der Waals surface area contributed by atoms with Gasteiger partial charge in [-0.3, -0.25) is 9.48 Å². The highest BCUT2D eigenvalue weighted by Gasteiger charge is 2.18. The molecule has 0 aliphatic rings. The van der Waals surface area contributed by atoms with E-state index in [2.05, 4.69) is 10.4 Å². The van der Waals surface area contributed by atoms with Crippen LogP contribution in [0.4, 0.5) is 5.69 Å². The number of hydrogen-bond donors (Lipinski definition) is 2. The molecule has 1 amide bonds. The Morgan fingerprint density at radius 3 is 2.61 bits per heavy atom. The Hall–Kier alpha value is -3.81. The first kappa shape index (κ1) is 19.0. The fourth-order valence-corrected chi connectivity index (χ4v) is 2.68. The molecule has 2 aromatic carbocycles. The molecular formula is C20H19N3O5. The minimum absolute atomic E-state index is 0.0935. The van der Waals surface area contributed by atoms with Crippen molar-refractivity contribution in [1.82, 2.24) is 9.78 Å². The first-order chi connectivity index (χ1) is 13.5. The molecule has 0 fully saturated rings. The van der Waals surface area contributed by atoms with Crippen LogP contribution >= 0.6 is 0 Å². The molecule has 8 heteroatoms. The summed E-state index contributed by atoms with van der Waals surface area (Å²) in [5.74, 6) is -0.389. The van der Waals surface area contributed by atoms with Gasteiger partial charge in [-0.1, -0.05) is 24.3 Å². The van der Waals surface area contributed by atoms with Crippen molar-refractivity contribution >= 4 is 17.6 Å². The number of benzene rings is 2. The summed E-state index contributed by atoms with van der Waals surface area (Å²) in [4.78, 5) is 23.8. The van der Waals surface area contributed by atoms with Crippen molar-refractivity contribution in [2.24, 2.45) is 7.05 Å². The van der Waals surface area contributed by atoms with Crippen LogP contribution in [0, 0.1) is 0 Å². The van der Waals surface area contributed by atoms with E-state index in [9.17, 15) is 14.7 Å². The number of aromatic carboxylic acids is 1. The first-order valence-corrected chi connectivity index (χ1v) is 8.41. The van der Waals surface area contributed by atoms with Crippen molar-refractivity contribution in [2.75, 3.05) is 12.4 Å². The second kappa shape index (κ2) is 8.26. The van der Waals surface area contributed by atoms with Gasteiger partial charge in [-0.05, 0) is 29.8 Å². The Morgan fingerprint density at radius 2 is 1.89 bits per heavy atom. The van der Waals surface area contributed by atoms with Crippen LogP contribution in [-0.4, -0.2) is 33.9 Å². The SMILES string of the molecule is COc1ccccc1OCc1cccc(C(=O)Nc2cnn(C)c2C(=O)O)c1. The lowest BCUT2D eigenvalue weighted by atomic mass is 10.1. The maximum Gasteiger partial charge on any atom is 0.356 e. The molecule has 8 nitrogen and oxygen atoms in total. The van der Waals surface area contributed by atoms with Gasteiger partial charge >= 0.3 is 5.97 Å². The van der Waals surface area contributed by atoms with E-state index in [4.69, 9.17) is 9.47 Å². The average Bonchev–Trinajstić information content (AvgIpc) is 3.07. The summed E-state index contributed by atoms with van der Waals surface area (Å²) in [7, 11) is 3.06. The zero-order valence-electron chi connectivity index (χ0n) is 15.4. The third-order valence-electron chi connectivity index (χ3n) is 4.04. The monoisotopic (exact) mass is 381 g/mol. The Kier molecular flexibility index (Phi) is 5.59. The number of ether oxygens (including phenoxy) is 2. The van der Waals surface area contributed by atoms with Gasteiger partial charge in [0.15, 0.2) is 17.2 Å². The minimum atomic E-state index is -1.17. The number of carboxylic acids is 1. The van der Waals surface area contributed by atoms with Crippen molar-refractivity contribution in [1.29, 1.82) is 0 Å². The maximum atomic E-state index is 12.5. The standard InChI is InChI=1S/C20H19N3O5/c1-23-18(20(25)26)15(11-21-23)22-19(24)14-7-5-6-13(10-14)12-28-17-9-4-3-8-16(17)27-2/h3-11H,12H2,1-2H3,(H,22,24)(H,25,26). The zero-order chi connectivity index (χ0) is 20.1. The van der Waals surface area contributed by atoms with Crippen molar-refractivity contribution < 1.29 is 24.2 Å². The number of amides is 1. The predicted octanol–water partition coefficient (Wildman–Crippen LogP) is 2.96. The maximum absolute atomic E-state index is 12.5. The lowest BCUT2D eigenvalue weighted by Gasteiger charge is -2.11. The topological polar surface area (TPSA) is 103 Å². The lowest BCUT2D eigenvalue weighted by molar-refractivity contribution is 0.0686. The molecule has 0 saturated heterocycles. The Bertz CT molecular complexity index is 1010. The largest absolute Gasteiger partial charge is 0.493 e. The van der Waals surface area contributed by atoms with Gasteiger partial charge < -0.3 is 19.9 Å². The van der Waals surface area contributed by atoms with E-state index < -0.39 is 11.9 Å². The molecule has 1 aromatic heterocycles. The van der Waals surface area contributed by atoms with E-state index in [0.717, 1.165) is 5.56 Å². The number of rotatable bonds is 7. The predicted molar refractivity (Wildman–Crippen MR) is 102 cm³/mol. The molecule has 0 saturated carbocycles. The van der Waals surface area contributed by atoms with Crippen LogP contribution < -0.4 is 14.8 Å². The second-order valence-corrected chi connectivity index (χ2v) is 5.93. The molecule has 0 spiro atoms. The molecule has 0 atom stereocenters. The molecule has 0 radical (unpaired) electrons. The molecule has 144 valence electrons. The summed E-state index contributed by atoms with van der Waals surface area (Å²) in [6.07, 6.45) is 1.30. The number of nitrogens with one attached hydrogen (secondary N) is 1. The summed E-state index contributed by atoms with van der Waals surface area (Å²) in [6.45, 7) is 0.245. The number of aryl methyl sites for hydroxylation is 1. The smallest absolute Gasteiger partial charge is 0.356 e. The van der Waals surface area contributed by atoms with Gasteiger partial charge in [0.25, 0.3) is 5.91 Å². The van der Waals surface area contributed by atoms with E-state index in [-0.39, 0.29) is 18.0 Å². The molecule has 0 unspecified atom stereocenters. The molecular weight excluding hydrogens is 362 g/mol. The number of aromatic nitrogens is 2. The molecule has 0 bridgehead atoms. The average molecular weight is 381 g/mol. The summed E-state index contributed by atoms with van der Waals surface area (Å²) in [5.41, 5.74) is 1.20. The molecule has 3 aromatic rings. The fourth-order valence-electron chi connectivity index (χ4n) is 2.68. The van der Waals surface area contributed by atoms with Crippen LogP contribution in [0.15, 0.2) is 54.7 Å². The Morgan fingerprint density at radius 1 is 1.14 bits per heavy atom. The van der Waals surface area contributed by atoms with Crippen molar-refractivity contribution in [3.05, 3.63) is 71.5 Å². The van der Waals surface area contributed by atoms with E-state index in [0.29, 0.717) is 17.1 Å². The number of anilines is 1. The highest BCUT2D eigenvalue weighted by Crippen LogP contribution is 2.26. The third-order valence-corrected chi connectivity index (χ3v) is 4.04. The number of carboxylic acid groups (broad SMARTS) is 1. The van der Waals surface area contributed by atoms with E-state index >= 15 is 0 Å². The van der Waals surface area contributed by atoms with Crippen LogP contribution in [-0.2, 0) is 13.7 Å². The lowest BCUT2D eigenvalue weighted by Crippen LogP contribution is -2.15. The fraction of sp³-hybridized carbons (Fsp3) is 0.150. The van der Waals surface area contributed by atoms with E-state index in [1.165, 1.54) is 17.9 Å². The van der Waals surface area contributed by atoms with Gasteiger partial charge in [0, 0.05) is 12.6 Å². The first-order valence-electron chi connectivity index (χ1n) is 8.41. The van der Waals surface area contributed by atoms with Gasteiger partial charge in [0.2, 0.25) is 0 Å². The number of carbonyl (C=O) groups excluding carboxylic acids is 1. The Balaban J connectivity index is 1.72. The molecule has 1 heterocycles. The van der Waals surface area contributed by atoms with Gasteiger partial charge in [-0.2, -0.15) is 5.10 Å². The molecule has 28 heavy (non-hydrogen) atoms. The highest BCUT2D eigenvalue weighted by atomic mass is 16.5. The summed E-state index contributed by atoms with van der Waals surface area (Å²) in [6, 6.07) is 14.2. The van der Waals surface area contributed by atoms with Gasteiger partial charge in [-0.25, -0.2) is 4.79 Å². The summed E-state index contributed by atoms with van der Waals surface area (Å²) >= 11 is 0. The van der Waals surface area contributed by atoms with Crippen LogP contribution in [0.25, 0.3) is 0 Å². The quantitative estimate of drug-likeness (QED) is 0.652. The number of carbonyl (C=O) groups is 2. The highest BCUT2D eigenvalue weighted by molar-refractivity contribution is 6.07. The van der Waals surface area contributed by atoms with Gasteiger partial charge in [0.1, 0.15) is 6.61 Å². The van der Waals surface area contributed by atoms with Crippen LogP contribution in [0.2, 0.25) is 0 Å². The third kappa shape index (κ3) is 4.12. The number of nitrogens with zero attached hydrogens (tertiary/aromatic N) is 2. The summed E-state index contributed by atoms with van der Waals surface area (Å²) < 4.78 is 12.2.